The van der Waals surface area contributed by atoms with Gasteiger partial charge in [-0.05, 0) is 25.0 Å². The predicted molar refractivity (Wildman–Crippen MR) is 80.7 cm³/mol. The molecule has 0 saturated carbocycles. The summed E-state index contributed by atoms with van der Waals surface area (Å²) >= 11 is 11.8. The number of aliphatic hydroxyl groups excluding tert-OH is 1. The van der Waals surface area contributed by atoms with Gasteiger partial charge in [0.25, 0.3) is 0 Å². The molecule has 1 aromatic carbocycles. The van der Waals surface area contributed by atoms with Crippen molar-refractivity contribution in [1.29, 1.82) is 0 Å². The molecule has 2 rings (SSSR count). The number of ether oxygens (including phenoxy) is 2. The number of hydrogen-bond acceptors (Lipinski definition) is 4. The largest absolute Gasteiger partial charge is 0.389 e. The molecule has 1 saturated heterocycles. The lowest BCUT2D eigenvalue weighted by Gasteiger charge is -2.16. The average molecular weight is 338 g/mol. The topological polar surface area (TPSA) is 50.7 Å². The lowest BCUT2D eigenvalue weighted by molar-refractivity contribution is -0.0137. The smallest absolute Gasteiger partial charge is 0.126 e. The third kappa shape index (κ3) is 5.27. The zero-order valence-corrected chi connectivity index (χ0v) is 13.0. The molecule has 0 aliphatic carbocycles. The number of benzene rings is 1. The molecule has 2 unspecified atom stereocenters. The number of rotatable bonds is 7. The molecule has 7 heteroatoms. The molecule has 1 heterocycles. The Morgan fingerprint density at radius 1 is 1.43 bits per heavy atom. The van der Waals surface area contributed by atoms with E-state index in [1.807, 2.05) is 0 Å². The molecule has 0 radical (unpaired) electrons. The van der Waals surface area contributed by atoms with Crippen molar-refractivity contribution < 1.29 is 19.0 Å². The van der Waals surface area contributed by atoms with Gasteiger partial charge in [-0.1, -0.05) is 23.2 Å². The second-order valence-corrected chi connectivity index (χ2v) is 5.77. The van der Waals surface area contributed by atoms with E-state index in [0.717, 1.165) is 31.6 Å². The highest BCUT2D eigenvalue weighted by Gasteiger charge is 2.16. The first-order chi connectivity index (χ1) is 10.1. The maximum absolute atomic E-state index is 13.0. The first-order valence-electron chi connectivity index (χ1n) is 6.82. The van der Waals surface area contributed by atoms with Crippen LogP contribution in [-0.2, 0) is 9.47 Å². The van der Waals surface area contributed by atoms with Gasteiger partial charge in [0, 0.05) is 13.2 Å². The molecule has 0 spiro atoms. The highest BCUT2D eigenvalue weighted by molar-refractivity contribution is 6.39. The number of anilines is 1. The van der Waals surface area contributed by atoms with Crippen molar-refractivity contribution in [2.45, 2.75) is 25.0 Å². The Morgan fingerprint density at radius 2 is 2.14 bits per heavy atom. The van der Waals surface area contributed by atoms with Crippen LogP contribution in [0.3, 0.4) is 0 Å². The Kier molecular flexibility index (Phi) is 6.51. The van der Waals surface area contributed by atoms with E-state index in [1.165, 1.54) is 0 Å². The van der Waals surface area contributed by atoms with E-state index in [9.17, 15) is 9.50 Å². The van der Waals surface area contributed by atoms with E-state index >= 15 is 0 Å². The van der Waals surface area contributed by atoms with E-state index in [1.54, 1.807) is 0 Å². The summed E-state index contributed by atoms with van der Waals surface area (Å²) in [6, 6.07) is 2.33. The number of aliphatic hydroxyl groups is 1. The molecule has 0 amide bonds. The van der Waals surface area contributed by atoms with E-state index in [-0.39, 0.29) is 29.3 Å². The summed E-state index contributed by atoms with van der Waals surface area (Å²) in [5.41, 5.74) is 0.401. The standard InChI is InChI=1S/C14H18Cl2FNO3/c15-12-4-9(17)5-13(16)14(12)18-6-10(19)7-20-8-11-2-1-3-21-11/h4-5,10-11,18-19H,1-3,6-8H2. The lowest BCUT2D eigenvalue weighted by atomic mass is 10.2. The molecule has 0 aromatic heterocycles. The van der Waals surface area contributed by atoms with Crippen molar-refractivity contribution in [3.8, 4) is 0 Å². The monoisotopic (exact) mass is 337 g/mol. The fraction of sp³-hybridized carbons (Fsp3) is 0.571. The maximum atomic E-state index is 13.0. The summed E-state index contributed by atoms with van der Waals surface area (Å²) in [4.78, 5) is 0. The minimum atomic E-state index is -0.719. The summed E-state index contributed by atoms with van der Waals surface area (Å²) < 4.78 is 23.9. The van der Waals surface area contributed by atoms with Crippen molar-refractivity contribution in [2.24, 2.45) is 0 Å². The first kappa shape index (κ1) is 16.8. The van der Waals surface area contributed by atoms with Gasteiger partial charge < -0.3 is 19.9 Å². The van der Waals surface area contributed by atoms with Crippen molar-refractivity contribution in [3.63, 3.8) is 0 Å². The lowest BCUT2D eigenvalue weighted by Crippen LogP contribution is -2.27. The molecule has 4 nitrogen and oxygen atoms in total. The normalized spacial score (nSPS) is 19.7. The summed E-state index contributed by atoms with van der Waals surface area (Å²) in [6.45, 7) is 1.65. The molecular formula is C14H18Cl2FNO3. The van der Waals surface area contributed by atoms with E-state index in [4.69, 9.17) is 32.7 Å². The number of hydrogen-bond donors (Lipinski definition) is 2. The van der Waals surface area contributed by atoms with Crippen molar-refractivity contribution in [1.82, 2.24) is 0 Å². The SMILES string of the molecule is OC(CNc1c(Cl)cc(F)cc1Cl)COCC1CCCO1. The molecule has 1 aromatic rings. The van der Waals surface area contributed by atoms with Crippen LogP contribution < -0.4 is 5.32 Å². The molecule has 21 heavy (non-hydrogen) atoms. The summed E-state index contributed by atoms with van der Waals surface area (Å²) in [6.07, 6.45) is 1.46. The zero-order valence-electron chi connectivity index (χ0n) is 11.4. The van der Waals surface area contributed by atoms with Crippen LogP contribution in [0.5, 0.6) is 0 Å². The van der Waals surface area contributed by atoms with Crippen LogP contribution in [-0.4, -0.2) is 43.7 Å². The van der Waals surface area contributed by atoms with Gasteiger partial charge in [-0.2, -0.15) is 0 Å². The van der Waals surface area contributed by atoms with Gasteiger partial charge in [-0.25, -0.2) is 4.39 Å². The third-order valence-corrected chi connectivity index (χ3v) is 3.76. The van der Waals surface area contributed by atoms with Gasteiger partial charge in [0.1, 0.15) is 5.82 Å². The maximum Gasteiger partial charge on any atom is 0.126 e. The average Bonchev–Trinajstić information content (AvgIpc) is 2.90. The van der Waals surface area contributed by atoms with Crippen LogP contribution in [0.15, 0.2) is 12.1 Å². The Bertz CT molecular complexity index is 447. The van der Waals surface area contributed by atoms with Gasteiger partial charge in [0.05, 0.1) is 41.2 Å². The molecule has 2 N–H and O–H groups in total. The van der Waals surface area contributed by atoms with Crippen LogP contribution in [0.1, 0.15) is 12.8 Å². The zero-order chi connectivity index (χ0) is 15.2. The highest BCUT2D eigenvalue weighted by atomic mass is 35.5. The highest BCUT2D eigenvalue weighted by Crippen LogP contribution is 2.31. The van der Waals surface area contributed by atoms with Crippen LogP contribution in [0.25, 0.3) is 0 Å². The molecule has 1 aliphatic heterocycles. The Labute approximate surface area is 133 Å². The van der Waals surface area contributed by atoms with E-state index in [0.29, 0.717) is 12.3 Å². The van der Waals surface area contributed by atoms with Gasteiger partial charge in [-0.3, -0.25) is 0 Å². The second-order valence-electron chi connectivity index (χ2n) is 4.95. The minimum absolute atomic E-state index is 0.131. The van der Waals surface area contributed by atoms with Crippen LogP contribution >= 0.6 is 23.2 Å². The second kappa shape index (κ2) is 8.15. The first-order valence-corrected chi connectivity index (χ1v) is 7.57. The van der Waals surface area contributed by atoms with Crippen LogP contribution in [0.4, 0.5) is 10.1 Å². The van der Waals surface area contributed by atoms with Gasteiger partial charge in [0.15, 0.2) is 0 Å². The van der Waals surface area contributed by atoms with E-state index < -0.39 is 11.9 Å². The summed E-state index contributed by atoms with van der Waals surface area (Å²) in [5.74, 6) is -0.504. The number of nitrogens with one attached hydrogen (secondary N) is 1. The van der Waals surface area contributed by atoms with Crippen LogP contribution in [0, 0.1) is 5.82 Å². The Hall–Kier alpha value is -0.590. The Balaban J connectivity index is 1.72. The van der Waals surface area contributed by atoms with Crippen molar-refractivity contribution in [2.75, 3.05) is 31.7 Å². The van der Waals surface area contributed by atoms with Crippen molar-refractivity contribution in [3.05, 3.63) is 28.0 Å². The quantitative estimate of drug-likeness (QED) is 0.802. The molecule has 1 fully saturated rings. The third-order valence-electron chi connectivity index (χ3n) is 3.16. The van der Waals surface area contributed by atoms with Gasteiger partial charge in [0.2, 0.25) is 0 Å². The molecule has 2 atom stereocenters. The fourth-order valence-corrected chi connectivity index (χ4v) is 2.70. The van der Waals surface area contributed by atoms with Gasteiger partial charge in [-0.15, -0.1) is 0 Å². The van der Waals surface area contributed by atoms with Gasteiger partial charge >= 0.3 is 0 Å². The fourth-order valence-electron chi connectivity index (χ4n) is 2.10. The predicted octanol–water partition coefficient (Wildman–Crippen LogP) is 3.10. The summed E-state index contributed by atoms with van der Waals surface area (Å²) in [5, 5.41) is 13.1. The van der Waals surface area contributed by atoms with Crippen molar-refractivity contribution >= 4 is 28.9 Å². The molecule has 0 bridgehead atoms. The molecule has 1 aliphatic rings. The number of halogens is 3. The summed E-state index contributed by atoms with van der Waals surface area (Å²) in [7, 11) is 0. The van der Waals surface area contributed by atoms with E-state index in [2.05, 4.69) is 5.32 Å². The molecular weight excluding hydrogens is 320 g/mol. The Morgan fingerprint density at radius 3 is 2.76 bits per heavy atom. The minimum Gasteiger partial charge on any atom is -0.389 e. The molecule has 118 valence electrons. The van der Waals surface area contributed by atoms with Crippen LogP contribution in [0.2, 0.25) is 10.0 Å².